The number of ether oxygens (including phenoxy) is 1. The van der Waals surface area contributed by atoms with Crippen molar-refractivity contribution in [2.24, 2.45) is 0 Å². The van der Waals surface area contributed by atoms with Crippen LogP contribution < -0.4 is 5.32 Å². The van der Waals surface area contributed by atoms with Gasteiger partial charge in [-0.2, -0.15) is 0 Å². The fourth-order valence-electron chi connectivity index (χ4n) is 12.2. The summed E-state index contributed by atoms with van der Waals surface area (Å²) in [4.78, 5) is 24.6. The molecule has 478 valence electrons. The van der Waals surface area contributed by atoms with E-state index in [9.17, 15) is 19.8 Å². The van der Waals surface area contributed by atoms with E-state index in [1.165, 1.54) is 366 Å². The average molecular weight is 1130 g/mol. The highest BCUT2D eigenvalue weighted by Crippen LogP contribution is 2.20. The molecule has 3 N–H and O–H groups in total. The molecule has 0 aromatic heterocycles. The molecule has 2 atom stereocenters. The molecule has 0 bridgehead atoms. The third-order valence-corrected chi connectivity index (χ3v) is 17.9. The molecule has 0 fully saturated rings. The predicted octanol–water partition coefficient (Wildman–Crippen LogP) is 24.2. The fourth-order valence-corrected chi connectivity index (χ4v) is 12.2. The second-order valence-corrected chi connectivity index (χ2v) is 26.0. The first-order chi connectivity index (χ1) is 39.5. The molecule has 1 amide bonds. The lowest BCUT2D eigenvalue weighted by Gasteiger charge is -2.22. The first kappa shape index (κ1) is 78.9. The van der Waals surface area contributed by atoms with Crippen LogP contribution in [0, 0.1) is 0 Å². The Morgan fingerprint density at radius 3 is 0.762 bits per heavy atom. The lowest BCUT2D eigenvalue weighted by Crippen LogP contribution is -2.45. The van der Waals surface area contributed by atoms with Crippen molar-refractivity contribution in [1.82, 2.24) is 5.32 Å². The van der Waals surface area contributed by atoms with Crippen molar-refractivity contribution in [3.05, 3.63) is 0 Å². The second-order valence-electron chi connectivity index (χ2n) is 26.0. The van der Waals surface area contributed by atoms with Crippen LogP contribution in [0.25, 0.3) is 0 Å². The van der Waals surface area contributed by atoms with E-state index in [0.717, 1.165) is 38.5 Å². The van der Waals surface area contributed by atoms with Gasteiger partial charge in [0.05, 0.1) is 25.4 Å². The maximum Gasteiger partial charge on any atom is 0.305 e. The molecule has 0 radical (unpaired) electrons. The number of unbranched alkanes of at least 4 members (excludes halogenated alkanes) is 60. The number of nitrogens with one attached hydrogen (secondary N) is 1. The molecule has 80 heavy (non-hydrogen) atoms. The lowest BCUT2D eigenvalue weighted by molar-refractivity contribution is -0.143. The molecule has 0 aliphatic heterocycles. The molecule has 6 heteroatoms. The van der Waals surface area contributed by atoms with E-state index in [4.69, 9.17) is 4.74 Å². The molecule has 2 unspecified atom stereocenters. The SMILES string of the molecule is CCCCCCCCCCCCCCCCCCCCC(=O)OCCCCCCCCCCCCCCCCCCCCCCCCCCCCCCCCCCCC(=O)NC(CO)C(O)CCCCCCCCCCCCCC. The Balaban J connectivity index is 3.27. The molecule has 0 aromatic rings. The van der Waals surface area contributed by atoms with Crippen molar-refractivity contribution in [2.45, 2.75) is 450 Å². The molecule has 0 rings (SSSR count). The van der Waals surface area contributed by atoms with Crippen molar-refractivity contribution in [3.8, 4) is 0 Å². The van der Waals surface area contributed by atoms with E-state index >= 15 is 0 Å². The number of aliphatic hydroxyl groups excluding tert-OH is 2. The van der Waals surface area contributed by atoms with Crippen molar-refractivity contribution < 1.29 is 24.5 Å². The number of hydrogen-bond donors (Lipinski definition) is 3. The van der Waals surface area contributed by atoms with Crippen molar-refractivity contribution in [3.63, 3.8) is 0 Å². The number of esters is 1. The summed E-state index contributed by atoms with van der Waals surface area (Å²) >= 11 is 0. The summed E-state index contributed by atoms with van der Waals surface area (Å²) in [5.41, 5.74) is 0. The highest BCUT2D eigenvalue weighted by atomic mass is 16.5. The standard InChI is InChI=1S/C74H147NO5/c1-3-5-7-9-11-13-15-17-18-19-38-41-44-48-52-56-60-64-68-74(79)80-69-65-61-57-53-49-45-42-39-36-34-32-30-28-26-24-22-20-21-23-25-27-29-31-33-35-37-40-43-47-51-55-59-63-67-73(78)75-71(70-76)72(77)66-62-58-54-50-46-16-14-12-10-8-6-4-2/h71-72,76-77H,3-70H2,1-2H3,(H,75,78). The normalized spacial score (nSPS) is 12.4. The maximum atomic E-state index is 12.5. The fraction of sp³-hybridized carbons (Fsp3) is 0.973. The molecule has 6 nitrogen and oxygen atoms in total. The second kappa shape index (κ2) is 70.3. The Morgan fingerprint density at radius 1 is 0.300 bits per heavy atom. The van der Waals surface area contributed by atoms with Crippen molar-refractivity contribution in [2.75, 3.05) is 13.2 Å². The molecular formula is C74H147NO5. The molecule has 0 saturated carbocycles. The van der Waals surface area contributed by atoms with Crippen molar-refractivity contribution in [1.29, 1.82) is 0 Å². The van der Waals surface area contributed by atoms with Gasteiger partial charge in [0, 0.05) is 12.8 Å². The number of carbonyl (C=O) groups excluding carboxylic acids is 2. The smallest absolute Gasteiger partial charge is 0.305 e. The minimum atomic E-state index is -0.658. The summed E-state index contributed by atoms with van der Waals surface area (Å²) in [5, 5.41) is 23.3. The Bertz CT molecular complexity index is 1160. The summed E-state index contributed by atoms with van der Waals surface area (Å²) in [6.07, 6.45) is 86.1. The van der Waals surface area contributed by atoms with Gasteiger partial charge in [-0.15, -0.1) is 0 Å². The molecule has 0 aliphatic rings. The summed E-state index contributed by atoms with van der Waals surface area (Å²) in [7, 11) is 0. The van der Waals surface area contributed by atoms with Gasteiger partial charge in [-0.1, -0.05) is 399 Å². The van der Waals surface area contributed by atoms with Crippen LogP contribution in [0.1, 0.15) is 438 Å². The van der Waals surface area contributed by atoms with Crippen LogP contribution >= 0.6 is 0 Å². The van der Waals surface area contributed by atoms with Gasteiger partial charge in [-0.05, 0) is 25.7 Å². The summed E-state index contributed by atoms with van der Waals surface area (Å²) in [5.74, 6) is -0.000265. The van der Waals surface area contributed by atoms with E-state index in [-0.39, 0.29) is 18.5 Å². The Kier molecular flexibility index (Phi) is 69.3. The summed E-state index contributed by atoms with van der Waals surface area (Å²) in [6.45, 7) is 5.00. The van der Waals surface area contributed by atoms with Gasteiger partial charge in [0.2, 0.25) is 5.91 Å². The van der Waals surface area contributed by atoms with Crippen LogP contribution in [0.5, 0.6) is 0 Å². The summed E-state index contributed by atoms with van der Waals surface area (Å²) < 4.78 is 5.52. The predicted molar refractivity (Wildman–Crippen MR) is 352 cm³/mol. The number of hydrogen-bond acceptors (Lipinski definition) is 5. The zero-order valence-corrected chi connectivity index (χ0v) is 54.9. The van der Waals surface area contributed by atoms with Gasteiger partial charge >= 0.3 is 5.97 Å². The highest BCUT2D eigenvalue weighted by molar-refractivity contribution is 5.76. The molecule has 0 heterocycles. The maximum absolute atomic E-state index is 12.5. The molecular weight excluding hydrogens is 983 g/mol. The average Bonchev–Trinajstić information content (AvgIpc) is 3.46. The van der Waals surface area contributed by atoms with Crippen molar-refractivity contribution >= 4 is 11.9 Å². The topological polar surface area (TPSA) is 95.9 Å². The number of aliphatic hydroxyl groups is 2. The summed E-state index contributed by atoms with van der Waals surface area (Å²) in [6, 6.07) is -0.535. The van der Waals surface area contributed by atoms with Crippen LogP contribution in [0.2, 0.25) is 0 Å². The third-order valence-electron chi connectivity index (χ3n) is 17.9. The zero-order chi connectivity index (χ0) is 57.8. The zero-order valence-electron chi connectivity index (χ0n) is 54.9. The minimum Gasteiger partial charge on any atom is -0.466 e. The van der Waals surface area contributed by atoms with E-state index in [2.05, 4.69) is 19.2 Å². The first-order valence-electron chi connectivity index (χ1n) is 37.3. The molecule has 0 saturated heterocycles. The first-order valence-corrected chi connectivity index (χ1v) is 37.3. The Labute approximate surface area is 502 Å². The monoisotopic (exact) mass is 1130 g/mol. The molecule has 0 spiro atoms. The van der Waals surface area contributed by atoms with Crippen LogP contribution in [0.15, 0.2) is 0 Å². The van der Waals surface area contributed by atoms with E-state index in [1.807, 2.05) is 0 Å². The largest absolute Gasteiger partial charge is 0.466 e. The minimum absolute atomic E-state index is 0.0274. The third kappa shape index (κ3) is 66.0. The van der Waals surface area contributed by atoms with E-state index in [1.54, 1.807) is 0 Å². The van der Waals surface area contributed by atoms with Crippen LogP contribution in [-0.2, 0) is 14.3 Å². The van der Waals surface area contributed by atoms with Gasteiger partial charge in [0.25, 0.3) is 0 Å². The van der Waals surface area contributed by atoms with Crippen LogP contribution in [0.3, 0.4) is 0 Å². The van der Waals surface area contributed by atoms with Gasteiger partial charge in [0.1, 0.15) is 0 Å². The van der Waals surface area contributed by atoms with Crippen LogP contribution in [0.4, 0.5) is 0 Å². The van der Waals surface area contributed by atoms with Gasteiger partial charge in [0.15, 0.2) is 0 Å². The number of carbonyl (C=O) groups is 2. The van der Waals surface area contributed by atoms with E-state index < -0.39 is 12.1 Å². The van der Waals surface area contributed by atoms with Gasteiger partial charge in [-0.25, -0.2) is 0 Å². The van der Waals surface area contributed by atoms with Gasteiger partial charge < -0.3 is 20.3 Å². The van der Waals surface area contributed by atoms with Gasteiger partial charge in [-0.3, -0.25) is 9.59 Å². The highest BCUT2D eigenvalue weighted by Gasteiger charge is 2.20. The molecule has 0 aromatic carbocycles. The van der Waals surface area contributed by atoms with E-state index in [0.29, 0.717) is 25.9 Å². The molecule has 0 aliphatic carbocycles. The quantitative estimate of drug-likeness (QED) is 0.0417. The number of rotatable bonds is 71. The number of amides is 1. The Hall–Kier alpha value is -1.14. The Morgan fingerprint density at radius 2 is 0.512 bits per heavy atom. The lowest BCUT2D eigenvalue weighted by atomic mass is 10.0. The van der Waals surface area contributed by atoms with Crippen LogP contribution in [-0.4, -0.2) is 47.4 Å².